The van der Waals surface area contributed by atoms with E-state index >= 15 is 0 Å². The van der Waals surface area contributed by atoms with Crippen LogP contribution < -0.4 is 0 Å². The molecule has 0 saturated carbocycles. The van der Waals surface area contributed by atoms with Crippen molar-refractivity contribution in [2.24, 2.45) is 5.92 Å². The summed E-state index contributed by atoms with van der Waals surface area (Å²) < 4.78 is 0. The topological polar surface area (TPSA) is 0 Å². The summed E-state index contributed by atoms with van der Waals surface area (Å²) in [4.78, 5) is 0. The van der Waals surface area contributed by atoms with E-state index in [4.69, 9.17) is 0 Å². The maximum Gasteiger partial charge on any atom is -0.0225 e. The van der Waals surface area contributed by atoms with Gasteiger partial charge in [-0.25, -0.2) is 0 Å². The number of rotatable bonds is 8. The fourth-order valence-corrected chi connectivity index (χ4v) is 2.31. The van der Waals surface area contributed by atoms with E-state index < -0.39 is 0 Å². The van der Waals surface area contributed by atoms with Gasteiger partial charge in [0.05, 0.1) is 0 Å². The molecule has 0 fully saturated rings. The Morgan fingerprint density at radius 3 is 2.58 bits per heavy atom. The van der Waals surface area contributed by atoms with Gasteiger partial charge in [-0.1, -0.05) is 74.4 Å². The second-order valence-electron chi connectivity index (χ2n) is 5.30. The van der Waals surface area contributed by atoms with E-state index in [0.29, 0.717) is 5.92 Å². The number of hydrogen-bond donors (Lipinski definition) is 0. The van der Waals surface area contributed by atoms with Gasteiger partial charge < -0.3 is 0 Å². The van der Waals surface area contributed by atoms with Crippen LogP contribution in [0.4, 0.5) is 0 Å². The molecule has 1 aromatic carbocycles. The monoisotopic (exact) mass is 256 g/mol. The lowest BCUT2D eigenvalue weighted by molar-refractivity contribution is 0.577. The molecule has 0 nitrogen and oxygen atoms in total. The normalized spacial score (nSPS) is 13.9. The fraction of sp³-hybridized carbons (Fsp3) is 0.474. The Hall–Kier alpha value is -1.30. The SMILES string of the molecule is C/C=C\C=C(/CCCC)C(C)CCc1ccccc1. The summed E-state index contributed by atoms with van der Waals surface area (Å²) in [6.45, 7) is 6.72. The van der Waals surface area contributed by atoms with E-state index in [1.54, 1.807) is 5.57 Å². The number of unbranched alkanes of at least 4 members (excludes halogenated alkanes) is 1. The zero-order chi connectivity index (χ0) is 13.9. The molecule has 1 aromatic rings. The molecule has 0 heteroatoms. The Morgan fingerprint density at radius 1 is 1.21 bits per heavy atom. The summed E-state index contributed by atoms with van der Waals surface area (Å²) in [6.07, 6.45) is 12.9. The van der Waals surface area contributed by atoms with Crippen molar-refractivity contribution in [1.82, 2.24) is 0 Å². The van der Waals surface area contributed by atoms with E-state index in [-0.39, 0.29) is 0 Å². The average Bonchev–Trinajstić information content (AvgIpc) is 2.46. The Balaban J connectivity index is 2.53. The van der Waals surface area contributed by atoms with Gasteiger partial charge in [-0.3, -0.25) is 0 Å². The third-order valence-corrected chi connectivity index (χ3v) is 3.66. The van der Waals surface area contributed by atoms with E-state index in [0.717, 1.165) is 0 Å². The molecule has 1 unspecified atom stereocenters. The summed E-state index contributed by atoms with van der Waals surface area (Å²) in [5.74, 6) is 0.683. The van der Waals surface area contributed by atoms with Crippen LogP contribution in [0.25, 0.3) is 0 Å². The van der Waals surface area contributed by atoms with Gasteiger partial charge in [-0.2, -0.15) is 0 Å². The molecule has 0 N–H and O–H groups in total. The highest BCUT2D eigenvalue weighted by molar-refractivity contribution is 5.17. The largest absolute Gasteiger partial charge is 0.0877 e. The third-order valence-electron chi connectivity index (χ3n) is 3.66. The fourth-order valence-electron chi connectivity index (χ4n) is 2.31. The number of aryl methyl sites for hydroxylation is 1. The smallest absolute Gasteiger partial charge is 0.0225 e. The molecule has 0 radical (unpaired) electrons. The minimum Gasteiger partial charge on any atom is -0.0877 e. The molecule has 0 aliphatic rings. The molecule has 0 bridgehead atoms. The van der Waals surface area contributed by atoms with Crippen molar-refractivity contribution in [2.45, 2.75) is 52.9 Å². The first-order valence-electron chi connectivity index (χ1n) is 7.63. The standard InChI is InChI=1S/C19H28/c1-4-6-13-19(14-7-5-2)17(3)15-16-18-11-9-8-10-12-18/h4,6,8-13,17H,5,7,14-16H2,1-3H3/b6-4-,19-13+. The van der Waals surface area contributed by atoms with Crippen molar-refractivity contribution in [2.75, 3.05) is 0 Å². The van der Waals surface area contributed by atoms with Crippen LogP contribution in [0.15, 0.2) is 54.1 Å². The molecule has 0 heterocycles. The van der Waals surface area contributed by atoms with Crippen molar-refractivity contribution in [3.05, 3.63) is 59.7 Å². The van der Waals surface area contributed by atoms with Gasteiger partial charge in [-0.05, 0) is 44.1 Å². The molecule has 1 rings (SSSR count). The molecule has 0 saturated heterocycles. The van der Waals surface area contributed by atoms with Crippen LogP contribution in [0.1, 0.15) is 52.0 Å². The van der Waals surface area contributed by atoms with Crippen LogP contribution >= 0.6 is 0 Å². The van der Waals surface area contributed by atoms with Crippen LogP contribution in [0.2, 0.25) is 0 Å². The maximum absolute atomic E-state index is 2.37. The molecule has 104 valence electrons. The van der Waals surface area contributed by atoms with Crippen LogP contribution in [0.3, 0.4) is 0 Å². The molecular weight excluding hydrogens is 228 g/mol. The minimum atomic E-state index is 0.683. The van der Waals surface area contributed by atoms with Crippen molar-refractivity contribution < 1.29 is 0 Å². The number of hydrogen-bond acceptors (Lipinski definition) is 0. The molecule has 0 amide bonds. The van der Waals surface area contributed by atoms with E-state index in [2.05, 4.69) is 69.3 Å². The maximum atomic E-state index is 2.37. The van der Waals surface area contributed by atoms with Crippen LogP contribution in [0, 0.1) is 5.92 Å². The highest BCUT2D eigenvalue weighted by Crippen LogP contribution is 2.22. The molecule has 0 aliphatic heterocycles. The highest BCUT2D eigenvalue weighted by atomic mass is 14.1. The second kappa shape index (κ2) is 9.61. The van der Waals surface area contributed by atoms with Gasteiger partial charge >= 0.3 is 0 Å². The van der Waals surface area contributed by atoms with E-state index in [1.165, 1.54) is 37.7 Å². The Kier molecular flexibility index (Phi) is 7.97. The zero-order valence-electron chi connectivity index (χ0n) is 12.7. The van der Waals surface area contributed by atoms with Gasteiger partial charge in [-0.15, -0.1) is 0 Å². The molecule has 0 spiro atoms. The van der Waals surface area contributed by atoms with Crippen molar-refractivity contribution in [3.63, 3.8) is 0 Å². The molecular formula is C19H28. The summed E-state index contributed by atoms with van der Waals surface area (Å²) in [5, 5.41) is 0. The quantitative estimate of drug-likeness (QED) is 0.504. The first kappa shape index (κ1) is 15.8. The van der Waals surface area contributed by atoms with E-state index in [1.807, 2.05) is 0 Å². The molecule has 0 aromatic heterocycles. The van der Waals surface area contributed by atoms with Crippen molar-refractivity contribution in [1.29, 1.82) is 0 Å². The van der Waals surface area contributed by atoms with E-state index in [9.17, 15) is 0 Å². The first-order valence-corrected chi connectivity index (χ1v) is 7.63. The second-order valence-corrected chi connectivity index (χ2v) is 5.30. The Labute approximate surface area is 119 Å². The van der Waals surface area contributed by atoms with Crippen molar-refractivity contribution >= 4 is 0 Å². The third kappa shape index (κ3) is 6.42. The highest BCUT2D eigenvalue weighted by Gasteiger charge is 2.08. The summed E-state index contributed by atoms with van der Waals surface area (Å²) in [5.41, 5.74) is 3.06. The van der Waals surface area contributed by atoms with Crippen LogP contribution in [0.5, 0.6) is 0 Å². The van der Waals surface area contributed by atoms with Gasteiger partial charge in [0.2, 0.25) is 0 Å². The van der Waals surface area contributed by atoms with Gasteiger partial charge in [0, 0.05) is 0 Å². The summed E-state index contributed by atoms with van der Waals surface area (Å²) in [6, 6.07) is 10.8. The van der Waals surface area contributed by atoms with Crippen molar-refractivity contribution in [3.8, 4) is 0 Å². The zero-order valence-corrected chi connectivity index (χ0v) is 12.7. The number of benzene rings is 1. The van der Waals surface area contributed by atoms with Gasteiger partial charge in [0.1, 0.15) is 0 Å². The number of allylic oxidation sites excluding steroid dienone is 4. The lowest BCUT2D eigenvalue weighted by Crippen LogP contribution is -2.02. The Bertz CT molecular complexity index is 384. The van der Waals surface area contributed by atoms with Gasteiger partial charge in [0.15, 0.2) is 0 Å². The molecule has 0 aliphatic carbocycles. The van der Waals surface area contributed by atoms with Crippen LogP contribution in [-0.2, 0) is 6.42 Å². The van der Waals surface area contributed by atoms with Crippen LogP contribution in [-0.4, -0.2) is 0 Å². The predicted molar refractivity (Wildman–Crippen MR) is 86.3 cm³/mol. The summed E-state index contributed by atoms with van der Waals surface area (Å²) in [7, 11) is 0. The minimum absolute atomic E-state index is 0.683. The lowest BCUT2D eigenvalue weighted by Gasteiger charge is -2.16. The molecule has 19 heavy (non-hydrogen) atoms. The lowest BCUT2D eigenvalue weighted by atomic mass is 9.90. The summed E-state index contributed by atoms with van der Waals surface area (Å²) >= 11 is 0. The first-order chi connectivity index (χ1) is 9.27. The average molecular weight is 256 g/mol. The predicted octanol–water partition coefficient (Wildman–Crippen LogP) is 5.95. The Morgan fingerprint density at radius 2 is 1.95 bits per heavy atom. The molecule has 1 atom stereocenters. The van der Waals surface area contributed by atoms with Gasteiger partial charge in [0.25, 0.3) is 0 Å².